The average molecular weight is 349 g/mol. The van der Waals surface area contributed by atoms with Gasteiger partial charge in [-0.1, -0.05) is 79.2 Å². The van der Waals surface area contributed by atoms with Gasteiger partial charge in [-0.3, -0.25) is 5.32 Å². The molecule has 2 atom stereocenters. The predicted octanol–water partition coefficient (Wildman–Crippen LogP) is 5.71. The Labute approximate surface area is 153 Å². The standard InChI is InChI=1S/C22H21ClN2/c1-2-22(17-11-7-4-8-12-17)24-20-14-13-18(23)15-19(20)21(25-22)16-9-5-3-6-10-16/h3-15,21,24-25H,2H2,1H3/t21-,22+/m0/s1. The molecule has 1 aliphatic heterocycles. The van der Waals surface area contributed by atoms with Gasteiger partial charge in [0.15, 0.2) is 0 Å². The summed E-state index contributed by atoms with van der Waals surface area (Å²) in [5, 5.41) is 8.35. The summed E-state index contributed by atoms with van der Waals surface area (Å²) >= 11 is 6.30. The van der Waals surface area contributed by atoms with Gasteiger partial charge in [-0.2, -0.15) is 0 Å². The van der Waals surface area contributed by atoms with Gasteiger partial charge < -0.3 is 5.32 Å². The van der Waals surface area contributed by atoms with E-state index < -0.39 is 0 Å². The van der Waals surface area contributed by atoms with Crippen LogP contribution in [0, 0.1) is 0 Å². The fourth-order valence-electron chi connectivity index (χ4n) is 3.66. The van der Waals surface area contributed by atoms with Gasteiger partial charge in [0.1, 0.15) is 5.66 Å². The molecule has 0 bridgehead atoms. The highest BCUT2D eigenvalue weighted by Crippen LogP contribution is 2.41. The van der Waals surface area contributed by atoms with Crippen LogP contribution in [-0.2, 0) is 5.66 Å². The van der Waals surface area contributed by atoms with E-state index in [-0.39, 0.29) is 11.7 Å². The summed E-state index contributed by atoms with van der Waals surface area (Å²) in [5.74, 6) is 0. The average Bonchev–Trinajstić information content (AvgIpc) is 2.68. The van der Waals surface area contributed by atoms with E-state index in [0.717, 1.165) is 17.1 Å². The van der Waals surface area contributed by atoms with Gasteiger partial charge in [-0.25, -0.2) is 0 Å². The number of hydrogen-bond acceptors (Lipinski definition) is 2. The van der Waals surface area contributed by atoms with Crippen molar-refractivity contribution in [2.75, 3.05) is 5.32 Å². The van der Waals surface area contributed by atoms with Crippen LogP contribution in [0.2, 0.25) is 5.02 Å². The van der Waals surface area contributed by atoms with Crippen LogP contribution in [-0.4, -0.2) is 0 Å². The van der Waals surface area contributed by atoms with Crippen molar-refractivity contribution in [1.82, 2.24) is 5.32 Å². The van der Waals surface area contributed by atoms with Crippen LogP contribution in [0.15, 0.2) is 78.9 Å². The Bertz CT molecular complexity index is 864. The number of rotatable bonds is 3. The Morgan fingerprint density at radius 2 is 1.60 bits per heavy atom. The predicted molar refractivity (Wildman–Crippen MR) is 105 cm³/mol. The lowest BCUT2D eigenvalue weighted by Crippen LogP contribution is -2.53. The van der Waals surface area contributed by atoms with Crippen molar-refractivity contribution in [2.24, 2.45) is 0 Å². The van der Waals surface area contributed by atoms with Crippen molar-refractivity contribution in [3.8, 4) is 0 Å². The first-order valence-corrected chi connectivity index (χ1v) is 9.05. The topological polar surface area (TPSA) is 24.1 Å². The van der Waals surface area contributed by atoms with Crippen molar-refractivity contribution in [1.29, 1.82) is 0 Å². The van der Waals surface area contributed by atoms with E-state index in [4.69, 9.17) is 11.6 Å². The fourth-order valence-corrected chi connectivity index (χ4v) is 3.84. The second-order valence-corrected chi connectivity index (χ2v) is 6.91. The van der Waals surface area contributed by atoms with Crippen LogP contribution >= 0.6 is 11.6 Å². The molecular weight excluding hydrogens is 328 g/mol. The molecule has 25 heavy (non-hydrogen) atoms. The number of nitrogens with one attached hydrogen (secondary N) is 2. The van der Waals surface area contributed by atoms with Crippen LogP contribution in [0.1, 0.15) is 36.1 Å². The molecule has 1 aliphatic rings. The second-order valence-electron chi connectivity index (χ2n) is 6.47. The summed E-state index contributed by atoms with van der Waals surface area (Å²) in [6, 6.07) is 27.3. The van der Waals surface area contributed by atoms with E-state index in [1.165, 1.54) is 16.7 Å². The number of hydrogen-bond donors (Lipinski definition) is 2. The van der Waals surface area contributed by atoms with Crippen molar-refractivity contribution in [2.45, 2.75) is 25.0 Å². The second kappa shape index (κ2) is 6.55. The number of halogens is 1. The molecule has 1 heterocycles. The van der Waals surface area contributed by atoms with Crippen LogP contribution < -0.4 is 10.6 Å². The summed E-state index contributed by atoms with van der Waals surface area (Å²) in [6.07, 6.45) is 0.919. The van der Waals surface area contributed by atoms with E-state index in [9.17, 15) is 0 Å². The van der Waals surface area contributed by atoms with Crippen molar-refractivity contribution in [3.63, 3.8) is 0 Å². The molecule has 2 N–H and O–H groups in total. The maximum absolute atomic E-state index is 6.30. The molecular formula is C22H21ClN2. The highest BCUT2D eigenvalue weighted by atomic mass is 35.5. The molecule has 0 unspecified atom stereocenters. The van der Waals surface area contributed by atoms with Crippen LogP contribution in [0.5, 0.6) is 0 Å². The Balaban J connectivity index is 1.88. The molecule has 0 saturated heterocycles. The highest BCUT2D eigenvalue weighted by molar-refractivity contribution is 6.30. The summed E-state index contributed by atoms with van der Waals surface area (Å²) in [7, 11) is 0. The van der Waals surface area contributed by atoms with E-state index in [1.807, 2.05) is 12.1 Å². The summed E-state index contributed by atoms with van der Waals surface area (Å²) in [5.41, 5.74) is 4.46. The minimum Gasteiger partial charge on any atom is -0.363 e. The van der Waals surface area contributed by atoms with Crippen molar-refractivity contribution < 1.29 is 0 Å². The maximum atomic E-state index is 6.30. The maximum Gasteiger partial charge on any atom is 0.115 e. The van der Waals surface area contributed by atoms with Gasteiger partial charge in [-0.15, -0.1) is 0 Å². The van der Waals surface area contributed by atoms with E-state index in [0.29, 0.717) is 0 Å². The lowest BCUT2D eigenvalue weighted by Gasteiger charge is -2.45. The zero-order chi connectivity index (χ0) is 17.3. The Hall–Kier alpha value is -2.29. The quantitative estimate of drug-likeness (QED) is 0.633. The van der Waals surface area contributed by atoms with E-state index in [1.54, 1.807) is 0 Å². The van der Waals surface area contributed by atoms with Crippen molar-refractivity contribution >= 4 is 17.3 Å². The molecule has 126 valence electrons. The van der Waals surface area contributed by atoms with Gasteiger partial charge in [-0.05, 0) is 41.3 Å². The van der Waals surface area contributed by atoms with E-state index in [2.05, 4.69) is 84.3 Å². The molecule has 0 aliphatic carbocycles. The number of anilines is 1. The summed E-state index contributed by atoms with van der Waals surface area (Å²) < 4.78 is 0. The first-order valence-electron chi connectivity index (χ1n) is 8.68. The largest absolute Gasteiger partial charge is 0.363 e. The van der Waals surface area contributed by atoms with Crippen LogP contribution in [0.25, 0.3) is 0 Å². The molecule has 4 rings (SSSR count). The van der Waals surface area contributed by atoms with Gasteiger partial charge in [0.05, 0.1) is 6.04 Å². The zero-order valence-electron chi connectivity index (χ0n) is 14.2. The zero-order valence-corrected chi connectivity index (χ0v) is 14.9. The van der Waals surface area contributed by atoms with Crippen LogP contribution in [0.4, 0.5) is 5.69 Å². The first-order chi connectivity index (χ1) is 12.2. The third kappa shape index (κ3) is 2.92. The van der Waals surface area contributed by atoms with Crippen LogP contribution in [0.3, 0.4) is 0 Å². The van der Waals surface area contributed by atoms with Gasteiger partial charge >= 0.3 is 0 Å². The molecule has 0 spiro atoms. The van der Waals surface area contributed by atoms with Gasteiger partial charge in [0, 0.05) is 10.7 Å². The molecule has 0 amide bonds. The molecule has 3 heteroatoms. The molecule has 0 radical (unpaired) electrons. The smallest absolute Gasteiger partial charge is 0.115 e. The van der Waals surface area contributed by atoms with Crippen molar-refractivity contribution in [3.05, 3.63) is 101 Å². The number of benzene rings is 3. The molecule has 2 nitrogen and oxygen atoms in total. The van der Waals surface area contributed by atoms with Gasteiger partial charge in [0.2, 0.25) is 0 Å². The normalized spacial score (nSPS) is 22.1. The molecule has 3 aromatic rings. The molecule has 0 fully saturated rings. The third-order valence-electron chi connectivity index (χ3n) is 4.99. The minimum absolute atomic E-state index is 0.0799. The molecule has 0 aromatic heterocycles. The highest BCUT2D eigenvalue weighted by Gasteiger charge is 2.38. The third-order valence-corrected chi connectivity index (χ3v) is 5.23. The van der Waals surface area contributed by atoms with E-state index >= 15 is 0 Å². The SMILES string of the molecule is CC[C@@]1(c2ccccc2)Nc2ccc(Cl)cc2[C@H](c2ccccc2)N1. The summed E-state index contributed by atoms with van der Waals surface area (Å²) in [4.78, 5) is 0. The number of fused-ring (bicyclic) bond motifs is 1. The monoisotopic (exact) mass is 348 g/mol. The van der Waals surface area contributed by atoms with Gasteiger partial charge in [0.25, 0.3) is 0 Å². The lowest BCUT2D eigenvalue weighted by molar-refractivity contribution is 0.325. The molecule has 3 aromatic carbocycles. The summed E-state index contributed by atoms with van der Waals surface area (Å²) in [6.45, 7) is 2.20. The lowest BCUT2D eigenvalue weighted by atomic mass is 9.86. The first kappa shape index (κ1) is 16.2. The Morgan fingerprint density at radius 3 is 2.28 bits per heavy atom. The molecule has 0 saturated carbocycles. The fraction of sp³-hybridized carbons (Fsp3) is 0.182. The Morgan fingerprint density at radius 1 is 0.920 bits per heavy atom. The minimum atomic E-state index is -0.317. The Kier molecular flexibility index (Phi) is 4.24.